The Kier molecular flexibility index (Phi) is 5.53. The van der Waals surface area contributed by atoms with Crippen LogP contribution in [0.2, 0.25) is 5.02 Å². The third-order valence-electron chi connectivity index (χ3n) is 6.43. The van der Waals surface area contributed by atoms with Crippen molar-refractivity contribution in [3.05, 3.63) is 45.6 Å². The van der Waals surface area contributed by atoms with Crippen molar-refractivity contribution in [2.75, 3.05) is 18.4 Å². The molecule has 2 aromatic heterocycles. The molecule has 1 aromatic carbocycles. The molecular formula is C24H25ClN4O3S. The number of anilines is 1. The van der Waals surface area contributed by atoms with Gasteiger partial charge in [0, 0.05) is 48.1 Å². The minimum Gasteiger partial charge on any atom is -0.361 e. The fourth-order valence-corrected chi connectivity index (χ4v) is 5.85. The largest absolute Gasteiger partial charge is 0.361 e. The predicted octanol–water partition coefficient (Wildman–Crippen LogP) is 4.46. The number of aromatic nitrogens is 2. The number of carbonyl (C=O) groups is 3. The van der Waals surface area contributed by atoms with Crippen LogP contribution in [0, 0.1) is 11.3 Å². The zero-order valence-corrected chi connectivity index (χ0v) is 20.1. The summed E-state index contributed by atoms with van der Waals surface area (Å²) in [5.41, 5.74) is 2.74. The number of hydrogen-bond donors (Lipinski definition) is 2. The average molecular weight is 485 g/mol. The summed E-state index contributed by atoms with van der Waals surface area (Å²) in [6, 6.07) is 5.70. The zero-order valence-electron chi connectivity index (χ0n) is 18.5. The summed E-state index contributed by atoms with van der Waals surface area (Å²) in [5.74, 6) is -0.589. The number of hydrogen-bond acceptors (Lipinski definition) is 5. The average Bonchev–Trinajstić information content (AvgIpc) is 3.42. The molecule has 3 heterocycles. The number of H-pyrrole nitrogens is 1. The molecule has 2 N–H and O–H groups in total. The van der Waals surface area contributed by atoms with Crippen molar-refractivity contribution in [2.45, 2.75) is 39.5 Å². The van der Waals surface area contributed by atoms with E-state index in [0.29, 0.717) is 41.0 Å². The third kappa shape index (κ3) is 4.42. The van der Waals surface area contributed by atoms with Crippen molar-refractivity contribution >= 4 is 56.6 Å². The molecule has 7 nitrogen and oxygen atoms in total. The van der Waals surface area contributed by atoms with Gasteiger partial charge in [0.1, 0.15) is 0 Å². The van der Waals surface area contributed by atoms with Gasteiger partial charge in [-0.3, -0.25) is 14.4 Å². The molecule has 1 fully saturated rings. The molecule has 2 aliphatic rings. The van der Waals surface area contributed by atoms with Gasteiger partial charge in [0.2, 0.25) is 11.8 Å². The SMILES string of the molecule is CC1(C)CC(=O)c2sc(NC(=O)C3CC(=O)N(CCc4c[nH]c5ccc(Cl)cc45)C3)nc2C1. The molecular weight excluding hydrogens is 460 g/mol. The van der Waals surface area contributed by atoms with Crippen LogP contribution in [0.4, 0.5) is 5.13 Å². The molecule has 1 aliphatic carbocycles. The lowest BCUT2D eigenvalue weighted by Crippen LogP contribution is -2.30. The van der Waals surface area contributed by atoms with Crippen molar-refractivity contribution in [1.29, 1.82) is 0 Å². The number of rotatable bonds is 5. The number of carbonyl (C=O) groups excluding carboxylic acids is 3. The smallest absolute Gasteiger partial charge is 0.231 e. The summed E-state index contributed by atoms with van der Waals surface area (Å²) in [7, 11) is 0. The summed E-state index contributed by atoms with van der Waals surface area (Å²) in [4.78, 5) is 47.9. The summed E-state index contributed by atoms with van der Waals surface area (Å²) < 4.78 is 0. The van der Waals surface area contributed by atoms with Crippen molar-refractivity contribution in [1.82, 2.24) is 14.9 Å². The monoisotopic (exact) mass is 484 g/mol. The van der Waals surface area contributed by atoms with Crippen LogP contribution < -0.4 is 5.32 Å². The highest BCUT2D eigenvalue weighted by molar-refractivity contribution is 7.17. The third-order valence-corrected chi connectivity index (χ3v) is 7.72. The minimum absolute atomic E-state index is 0.0246. The number of nitrogens with zero attached hydrogens (tertiary/aromatic N) is 2. The van der Waals surface area contributed by atoms with Crippen molar-refractivity contribution in [3.63, 3.8) is 0 Å². The van der Waals surface area contributed by atoms with Crippen LogP contribution in [0.15, 0.2) is 24.4 Å². The second kappa shape index (κ2) is 8.25. The maximum Gasteiger partial charge on any atom is 0.231 e. The molecule has 33 heavy (non-hydrogen) atoms. The van der Waals surface area contributed by atoms with Gasteiger partial charge in [0.05, 0.1) is 16.5 Å². The lowest BCUT2D eigenvalue weighted by atomic mass is 9.78. The molecule has 1 aliphatic heterocycles. The van der Waals surface area contributed by atoms with Gasteiger partial charge in [-0.05, 0) is 42.0 Å². The molecule has 0 saturated carbocycles. The number of halogens is 1. The lowest BCUT2D eigenvalue weighted by molar-refractivity contribution is -0.128. The van der Waals surface area contributed by atoms with E-state index in [1.807, 2.05) is 24.4 Å². The van der Waals surface area contributed by atoms with Crippen LogP contribution in [0.25, 0.3) is 10.9 Å². The topological polar surface area (TPSA) is 95.2 Å². The first kappa shape index (κ1) is 22.1. The number of benzene rings is 1. The number of amides is 2. The van der Waals surface area contributed by atoms with Gasteiger partial charge >= 0.3 is 0 Å². The second-order valence-electron chi connectivity index (χ2n) is 9.72. The molecule has 0 bridgehead atoms. The summed E-state index contributed by atoms with van der Waals surface area (Å²) in [6.07, 6.45) is 4.01. The molecule has 2 amide bonds. The first-order chi connectivity index (χ1) is 15.7. The highest BCUT2D eigenvalue weighted by Crippen LogP contribution is 2.38. The van der Waals surface area contributed by atoms with E-state index in [4.69, 9.17) is 11.6 Å². The van der Waals surface area contributed by atoms with Gasteiger partial charge in [-0.1, -0.05) is 36.8 Å². The molecule has 9 heteroatoms. The Bertz CT molecular complexity index is 1280. The number of nitrogens with one attached hydrogen (secondary N) is 2. The molecule has 3 aromatic rings. The molecule has 1 unspecified atom stereocenters. The Labute approximate surface area is 200 Å². The lowest BCUT2D eigenvalue weighted by Gasteiger charge is -2.26. The number of Topliss-reactive ketones (excluding diaryl/α,β-unsaturated/α-hetero) is 1. The standard InChI is InChI=1S/C24H25ClN4O3S/c1-24(2)9-18-21(19(30)10-24)33-23(27-18)28-22(32)14-7-20(31)29(12-14)6-5-13-11-26-17-4-3-15(25)8-16(13)17/h3-4,8,11,14,26H,5-7,9-10,12H2,1-2H3,(H,27,28,32). The Morgan fingerprint density at radius 2 is 2.15 bits per heavy atom. The fourth-order valence-electron chi connectivity index (χ4n) is 4.76. The fraction of sp³-hybridized carbons (Fsp3) is 0.417. The Hall–Kier alpha value is -2.71. The van der Waals surface area contributed by atoms with E-state index in [2.05, 4.69) is 29.1 Å². The molecule has 0 radical (unpaired) electrons. The van der Waals surface area contributed by atoms with Crippen LogP contribution in [-0.4, -0.2) is 45.6 Å². The number of ketones is 1. The maximum absolute atomic E-state index is 12.8. The highest BCUT2D eigenvalue weighted by Gasteiger charge is 2.36. The first-order valence-electron chi connectivity index (χ1n) is 11.1. The molecule has 1 atom stereocenters. The number of fused-ring (bicyclic) bond motifs is 2. The van der Waals surface area contributed by atoms with E-state index in [1.54, 1.807) is 4.90 Å². The van der Waals surface area contributed by atoms with Crippen LogP contribution in [-0.2, 0) is 22.4 Å². The van der Waals surface area contributed by atoms with Crippen molar-refractivity contribution in [2.24, 2.45) is 11.3 Å². The number of thiazole rings is 1. The Morgan fingerprint density at radius 1 is 1.33 bits per heavy atom. The zero-order chi connectivity index (χ0) is 23.3. The van der Waals surface area contributed by atoms with Crippen molar-refractivity contribution in [3.8, 4) is 0 Å². The Balaban J connectivity index is 1.21. The van der Waals surface area contributed by atoms with E-state index in [9.17, 15) is 14.4 Å². The van der Waals surface area contributed by atoms with E-state index in [0.717, 1.165) is 28.6 Å². The molecule has 0 spiro atoms. The van der Waals surface area contributed by atoms with Gasteiger partial charge in [-0.2, -0.15) is 0 Å². The molecule has 172 valence electrons. The van der Waals surface area contributed by atoms with Gasteiger partial charge in [-0.25, -0.2) is 4.98 Å². The van der Waals surface area contributed by atoms with E-state index in [-0.39, 0.29) is 29.4 Å². The first-order valence-corrected chi connectivity index (χ1v) is 12.2. The molecule has 1 saturated heterocycles. The normalized spacial score (nSPS) is 19.8. The van der Waals surface area contributed by atoms with Crippen LogP contribution in [0.5, 0.6) is 0 Å². The summed E-state index contributed by atoms with van der Waals surface area (Å²) in [6.45, 7) is 5.02. The van der Waals surface area contributed by atoms with E-state index < -0.39 is 5.92 Å². The van der Waals surface area contributed by atoms with Gasteiger partial charge in [-0.15, -0.1) is 0 Å². The predicted molar refractivity (Wildman–Crippen MR) is 129 cm³/mol. The van der Waals surface area contributed by atoms with Crippen molar-refractivity contribution < 1.29 is 14.4 Å². The maximum atomic E-state index is 12.8. The minimum atomic E-state index is -0.428. The van der Waals surface area contributed by atoms with Crippen LogP contribution in [0.3, 0.4) is 0 Å². The second-order valence-corrected chi connectivity index (χ2v) is 11.2. The number of likely N-dealkylation sites (tertiary alicyclic amines) is 1. The van der Waals surface area contributed by atoms with Gasteiger partial charge in [0.25, 0.3) is 0 Å². The van der Waals surface area contributed by atoms with Gasteiger partial charge < -0.3 is 15.2 Å². The quantitative estimate of drug-likeness (QED) is 0.558. The highest BCUT2D eigenvalue weighted by atomic mass is 35.5. The summed E-state index contributed by atoms with van der Waals surface area (Å²) in [5, 5.41) is 5.01. The van der Waals surface area contributed by atoms with E-state index >= 15 is 0 Å². The summed E-state index contributed by atoms with van der Waals surface area (Å²) >= 11 is 7.37. The van der Waals surface area contributed by atoms with Crippen LogP contribution >= 0.6 is 22.9 Å². The molecule has 5 rings (SSSR count). The Morgan fingerprint density at radius 3 is 2.97 bits per heavy atom. The van der Waals surface area contributed by atoms with Gasteiger partial charge in [0.15, 0.2) is 10.9 Å². The van der Waals surface area contributed by atoms with E-state index in [1.165, 1.54) is 11.3 Å². The van der Waals surface area contributed by atoms with Crippen LogP contribution in [0.1, 0.15) is 47.6 Å². The number of aromatic amines is 1.